The van der Waals surface area contributed by atoms with Crippen molar-refractivity contribution in [2.75, 3.05) is 33.2 Å². The molecule has 0 spiro atoms. The lowest BCUT2D eigenvalue weighted by atomic mass is 10.1. The molecule has 76 valence electrons. The predicted octanol–water partition coefficient (Wildman–Crippen LogP) is 1.63. The van der Waals surface area contributed by atoms with Crippen LogP contribution in [0.3, 0.4) is 0 Å². The van der Waals surface area contributed by atoms with Crippen LogP contribution in [0.4, 0.5) is 0 Å². The van der Waals surface area contributed by atoms with E-state index < -0.39 is 0 Å². The second-order valence-corrected chi connectivity index (χ2v) is 4.02. The normalized spacial score (nSPS) is 25.2. The number of allylic oxidation sites excluding steroid dienone is 1. The minimum absolute atomic E-state index is 1.09. The molecule has 0 unspecified atom stereocenters. The van der Waals surface area contributed by atoms with Gasteiger partial charge in [-0.1, -0.05) is 18.2 Å². The molecule has 2 aliphatic rings. The molecule has 0 radical (unpaired) electrons. The summed E-state index contributed by atoms with van der Waals surface area (Å²) >= 11 is 0. The topological polar surface area (TPSA) is 6.48 Å². The summed E-state index contributed by atoms with van der Waals surface area (Å²) in [4.78, 5) is 4.66. The van der Waals surface area contributed by atoms with Gasteiger partial charge in [0, 0.05) is 33.2 Å². The summed E-state index contributed by atoms with van der Waals surface area (Å²) in [5.74, 6) is 0. The molecule has 0 aromatic rings. The zero-order valence-corrected chi connectivity index (χ0v) is 8.82. The van der Waals surface area contributed by atoms with E-state index in [4.69, 9.17) is 0 Å². The SMILES string of the molecule is CN1C=C/C(=C\CN2CC=CC2)CC1. The largest absolute Gasteiger partial charge is 0.380 e. The maximum atomic E-state index is 2.43. The van der Waals surface area contributed by atoms with Gasteiger partial charge in [-0.2, -0.15) is 0 Å². The van der Waals surface area contributed by atoms with Gasteiger partial charge >= 0.3 is 0 Å². The van der Waals surface area contributed by atoms with Gasteiger partial charge in [-0.15, -0.1) is 0 Å². The predicted molar refractivity (Wildman–Crippen MR) is 60.1 cm³/mol. The Morgan fingerprint density at radius 1 is 1.36 bits per heavy atom. The summed E-state index contributed by atoms with van der Waals surface area (Å²) in [7, 11) is 2.12. The Morgan fingerprint density at radius 2 is 2.14 bits per heavy atom. The Hall–Kier alpha value is -1.02. The molecule has 2 heteroatoms. The Morgan fingerprint density at radius 3 is 2.79 bits per heavy atom. The summed E-state index contributed by atoms with van der Waals surface area (Å²) < 4.78 is 0. The van der Waals surface area contributed by atoms with Crippen molar-refractivity contribution in [3.8, 4) is 0 Å². The molecular formula is C12H18N2. The van der Waals surface area contributed by atoms with Crippen LogP contribution in [-0.2, 0) is 0 Å². The van der Waals surface area contributed by atoms with Gasteiger partial charge in [0.1, 0.15) is 0 Å². The minimum Gasteiger partial charge on any atom is -0.380 e. The average Bonchev–Trinajstić information content (AvgIpc) is 2.70. The van der Waals surface area contributed by atoms with Gasteiger partial charge in [0.15, 0.2) is 0 Å². The van der Waals surface area contributed by atoms with Crippen molar-refractivity contribution >= 4 is 0 Å². The summed E-state index contributed by atoms with van der Waals surface area (Å²) in [5, 5.41) is 0. The van der Waals surface area contributed by atoms with E-state index in [1.165, 1.54) is 12.0 Å². The molecule has 2 rings (SSSR count). The smallest absolute Gasteiger partial charge is 0.0209 e. The van der Waals surface area contributed by atoms with E-state index in [1.54, 1.807) is 0 Å². The first-order valence-electron chi connectivity index (χ1n) is 5.29. The van der Waals surface area contributed by atoms with E-state index in [1.807, 2.05) is 0 Å². The van der Waals surface area contributed by atoms with Gasteiger partial charge in [0.25, 0.3) is 0 Å². The molecule has 0 fully saturated rings. The van der Waals surface area contributed by atoms with E-state index in [0.29, 0.717) is 0 Å². The van der Waals surface area contributed by atoms with E-state index in [0.717, 1.165) is 26.2 Å². The minimum atomic E-state index is 1.09. The van der Waals surface area contributed by atoms with Crippen LogP contribution >= 0.6 is 0 Å². The number of nitrogens with zero attached hydrogens (tertiary/aromatic N) is 2. The van der Waals surface area contributed by atoms with Crippen molar-refractivity contribution in [1.82, 2.24) is 9.80 Å². The van der Waals surface area contributed by atoms with Crippen LogP contribution in [0.2, 0.25) is 0 Å². The van der Waals surface area contributed by atoms with Crippen LogP contribution in [0, 0.1) is 0 Å². The number of hydrogen-bond acceptors (Lipinski definition) is 2. The third kappa shape index (κ3) is 2.48. The molecular weight excluding hydrogens is 172 g/mol. The first-order chi connectivity index (χ1) is 6.84. The lowest BCUT2D eigenvalue weighted by Gasteiger charge is -2.20. The van der Waals surface area contributed by atoms with Crippen molar-refractivity contribution in [3.05, 3.63) is 36.1 Å². The van der Waals surface area contributed by atoms with E-state index in [-0.39, 0.29) is 0 Å². The van der Waals surface area contributed by atoms with Gasteiger partial charge in [-0.3, -0.25) is 4.90 Å². The second kappa shape index (κ2) is 4.47. The highest BCUT2D eigenvalue weighted by atomic mass is 15.1. The summed E-state index contributed by atoms with van der Waals surface area (Å²) in [5.41, 5.74) is 1.48. The van der Waals surface area contributed by atoms with Gasteiger partial charge < -0.3 is 4.90 Å². The van der Waals surface area contributed by atoms with Gasteiger partial charge in [-0.05, 0) is 24.3 Å². The Labute approximate surface area is 86.2 Å². The molecule has 2 aliphatic heterocycles. The highest BCUT2D eigenvalue weighted by molar-refractivity contribution is 5.22. The fourth-order valence-electron chi connectivity index (χ4n) is 1.77. The van der Waals surface area contributed by atoms with E-state index >= 15 is 0 Å². The van der Waals surface area contributed by atoms with Crippen molar-refractivity contribution in [2.24, 2.45) is 0 Å². The number of hydrogen-bond donors (Lipinski definition) is 0. The first kappa shape index (κ1) is 9.53. The van der Waals surface area contributed by atoms with Crippen molar-refractivity contribution in [1.29, 1.82) is 0 Å². The third-order valence-electron chi connectivity index (χ3n) is 2.80. The monoisotopic (exact) mass is 190 g/mol. The van der Waals surface area contributed by atoms with Gasteiger partial charge in [0.05, 0.1) is 0 Å². The van der Waals surface area contributed by atoms with Crippen LogP contribution in [0.1, 0.15) is 6.42 Å². The van der Waals surface area contributed by atoms with Crippen molar-refractivity contribution in [2.45, 2.75) is 6.42 Å². The molecule has 0 aromatic heterocycles. The van der Waals surface area contributed by atoms with Crippen LogP contribution in [-0.4, -0.2) is 43.0 Å². The van der Waals surface area contributed by atoms with Crippen LogP contribution in [0.5, 0.6) is 0 Å². The zero-order valence-electron chi connectivity index (χ0n) is 8.82. The molecule has 0 bridgehead atoms. The molecule has 0 atom stereocenters. The number of rotatable bonds is 2. The molecule has 14 heavy (non-hydrogen) atoms. The van der Waals surface area contributed by atoms with E-state index in [9.17, 15) is 0 Å². The summed E-state index contributed by atoms with van der Waals surface area (Å²) in [6, 6.07) is 0. The van der Waals surface area contributed by atoms with E-state index in [2.05, 4.69) is 47.4 Å². The fraction of sp³-hybridized carbons (Fsp3) is 0.500. The van der Waals surface area contributed by atoms with Crippen molar-refractivity contribution in [3.63, 3.8) is 0 Å². The Bertz CT molecular complexity index is 268. The first-order valence-corrected chi connectivity index (χ1v) is 5.29. The summed E-state index contributed by atoms with van der Waals surface area (Å²) in [6.07, 6.45) is 12.4. The molecule has 0 saturated heterocycles. The summed E-state index contributed by atoms with van der Waals surface area (Å²) in [6.45, 7) is 4.48. The van der Waals surface area contributed by atoms with Gasteiger partial charge in [-0.25, -0.2) is 0 Å². The maximum Gasteiger partial charge on any atom is 0.0209 e. The second-order valence-electron chi connectivity index (χ2n) is 4.02. The van der Waals surface area contributed by atoms with Crippen LogP contribution < -0.4 is 0 Å². The molecule has 0 saturated carbocycles. The molecule has 2 nitrogen and oxygen atoms in total. The molecule has 2 heterocycles. The van der Waals surface area contributed by atoms with Gasteiger partial charge in [0.2, 0.25) is 0 Å². The van der Waals surface area contributed by atoms with Crippen LogP contribution in [0.25, 0.3) is 0 Å². The standard InChI is InChI=1S/C12H18N2/c1-13-9-4-12(5-10-13)6-11-14-7-2-3-8-14/h2-4,6,9H,5,7-8,10-11H2,1H3/b12-6+. The van der Waals surface area contributed by atoms with Crippen molar-refractivity contribution < 1.29 is 0 Å². The average molecular weight is 190 g/mol. The Balaban J connectivity index is 1.83. The zero-order chi connectivity index (χ0) is 9.80. The molecule has 0 amide bonds. The lowest BCUT2D eigenvalue weighted by molar-refractivity contribution is 0.390. The quantitative estimate of drug-likeness (QED) is 0.611. The molecule has 0 N–H and O–H groups in total. The molecule has 0 aliphatic carbocycles. The molecule has 0 aromatic carbocycles. The highest BCUT2D eigenvalue weighted by Gasteiger charge is 2.06. The highest BCUT2D eigenvalue weighted by Crippen LogP contribution is 2.11. The lowest BCUT2D eigenvalue weighted by Crippen LogP contribution is -2.21. The maximum absolute atomic E-state index is 2.43. The Kier molecular flexibility index (Phi) is 3.04. The fourth-order valence-corrected chi connectivity index (χ4v) is 1.77. The third-order valence-corrected chi connectivity index (χ3v) is 2.80. The van der Waals surface area contributed by atoms with Crippen LogP contribution in [0.15, 0.2) is 36.1 Å².